The van der Waals surface area contributed by atoms with Crippen molar-refractivity contribution < 1.29 is 14.3 Å². The van der Waals surface area contributed by atoms with Crippen molar-refractivity contribution in [1.29, 1.82) is 0 Å². The van der Waals surface area contributed by atoms with E-state index in [9.17, 15) is 9.59 Å². The summed E-state index contributed by atoms with van der Waals surface area (Å²) in [5.41, 5.74) is 2.91. The number of carbonyl (C=O) groups is 2. The van der Waals surface area contributed by atoms with Crippen molar-refractivity contribution in [3.05, 3.63) is 47.2 Å². The minimum Gasteiger partial charge on any atom is -0.479 e. The normalized spacial score (nSPS) is 16.7. The minimum atomic E-state index is -0.522. The van der Waals surface area contributed by atoms with E-state index in [1.807, 2.05) is 6.07 Å². The van der Waals surface area contributed by atoms with Gasteiger partial charge in [0, 0.05) is 18.8 Å². The summed E-state index contributed by atoms with van der Waals surface area (Å²) in [6.07, 6.45) is 1.88. The van der Waals surface area contributed by atoms with E-state index in [1.54, 1.807) is 53.7 Å². The van der Waals surface area contributed by atoms with E-state index in [0.29, 0.717) is 33.5 Å². The van der Waals surface area contributed by atoms with Crippen LogP contribution in [0.15, 0.2) is 36.5 Å². The van der Waals surface area contributed by atoms with Crippen LogP contribution in [0.5, 0.6) is 5.75 Å². The molecule has 0 N–H and O–H groups in total. The van der Waals surface area contributed by atoms with Crippen molar-refractivity contribution >= 4 is 35.1 Å². The fourth-order valence-electron chi connectivity index (χ4n) is 3.02. The zero-order valence-electron chi connectivity index (χ0n) is 13.6. The Morgan fingerprint density at radius 3 is 2.84 bits per heavy atom. The molecule has 2 aromatic heterocycles. The third-order valence-electron chi connectivity index (χ3n) is 4.31. The zero-order chi connectivity index (χ0) is 17.7. The topological polar surface area (TPSA) is 63.9 Å². The molecule has 0 saturated carbocycles. The van der Waals surface area contributed by atoms with E-state index in [2.05, 4.69) is 4.98 Å². The van der Waals surface area contributed by atoms with E-state index in [-0.39, 0.29) is 5.91 Å². The molecule has 0 saturated heterocycles. The minimum absolute atomic E-state index is 0.123. The van der Waals surface area contributed by atoms with Gasteiger partial charge in [0.05, 0.1) is 10.7 Å². The van der Waals surface area contributed by atoms with Crippen LogP contribution in [0.25, 0.3) is 16.9 Å². The van der Waals surface area contributed by atoms with Crippen molar-refractivity contribution in [3.8, 4) is 17.0 Å². The Labute approximate surface area is 148 Å². The lowest BCUT2D eigenvalue weighted by molar-refractivity contribution is -0.125. The molecule has 0 fully saturated rings. The first-order valence-corrected chi connectivity index (χ1v) is 8.09. The molecule has 7 heteroatoms. The molecule has 0 spiro atoms. The average molecular weight is 356 g/mol. The van der Waals surface area contributed by atoms with Gasteiger partial charge in [-0.15, -0.1) is 0 Å². The summed E-state index contributed by atoms with van der Waals surface area (Å²) in [7, 11) is 1.70. The van der Waals surface area contributed by atoms with Crippen LogP contribution in [-0.2, 0) is 4.79 Å². The molecule has 4 rings (SSSR count). The fraction of sp³-hybridized carbons (Fsp3) is 0.167. The lowest BCUT2D eigenvalue weighted by atomic mass is 10.1. The van der Waals surface area contributed by atoms with Gasteiger partial charge in [-0.1, -0.05) is 11.6 Å². The van der Waals surface area contributed by atoms with Crippen molar-refractivity contribution in [2.75, 3.05) is 11.9 Å². The second-order valence-corrected chi connectivity index (χ2v) is 6.32. The Balaban J connectivity index is 1.90. The number of hydrogen-bond donors (Lipinski definition) is 0. The molecular weight excluding hydrogens is 342 g/mol. The molecule has 6 nitrogen and oxygen atoms in total. The number of benzene rings is 1. The molecule has 1 aromatic carbocycles. The summed E-state index contributed by atoms with van der Waals surface area (Å²) in [6, 6.07) is 8.88. The molecule has 3 heterocycles. The lowest BCUT2D eigenvalue weighted by Crippen LogP contribution is -2.41. The molecule has 25 heavy (non-hydrogen) atoms. The number of likely N-dealkylation sites (N-methyl/N-ethyl adjacent to an activating group) is 1. The monoisotopic (exact) mass is 355 g/mol. The number of ether oxygens (including phenoxy) is 1. The predicted octanol–water partition coefficient (Wildman–Crippen LogP) is 3.21. The molecule has 0 bridgehead atoms. The van der Waals surface area contributed by atoms with Crippen molar-refractivity contribution in [1.82, 2.24) is 9.38 Å². The number of hydrogen-bond acceptors (Lipinski definition) is 4. The number of carbonyl (C=O) groups excluding carboxylic acids is 2. The highest BCUT2D eigenvalue weighted by Gasteiger charge is 2.29. The number of rotatable bonds is 2. The highest BCUT2D eigenvalue weighted by molar-refractivity contribution is 6.30. The molecule has 1 unspecified atom stereocenters. The molecule has 1 amide bonds. The Morgan fingerprint density at radius 2 is 2.08 bits per heavy atom. The Bertz CT molecular complexity index is 1030. The molecule has 0 radical (unpaired) electrons. The van der Waals surface area contributed by atoms with Crippen molar-refractivity contribution in [2.45, 2.75) is 13.0 Å². The van der Waals surface area contributed by atoms with Gasteiger partial charge in [-0.2, -0.15) is 0 Å². The third-order valence-corrected chi connectivity index (χ3v) is 4.53. The van der Waals surface area contributed by atoms with Gasteiger partial charge in [-0.05, 0) is 37.3 Å². The SMILES string of the molecule is CC1Oc2ccc(-c3nc4ccc(Cl)cn4c3C=O)cc2N(C)C1=O. The number of aromatic nitrogens is 2. The first kappa shape index (κ1) is 15.7. The molecule has 0 aliphatic carbocycles. The van der Waals surface area contributed by atoms with E-state index < -0.39 is 6.10 Å². The van der Waals surface area contributed by atoms with Gasteiger partial charge in [0.25, 0.3) is 5.91 Å². The zero-order valence-corrected chi connectivity index (χ0v) is 14.3. The summed E-state index contributed by atoms with van der Waals surface area (Å²) in [5, 5.41) is 0.512. The van der Waals surface area contributed by atoms with Crippen LogP contribution in [0, 0.1) is 0 Å². The van der Waals surface area contributed by atoms with Crippen molar-refractivity contribution in [3.63, 3.8) is 0 Å². The summed E-state index contributed by atoms with van der Waals surface area (Å²) in [6.45, 7) is 1.71. The smallest absolute Gasteiger partial charge is 0.267 e. The van der Waals surface area contributed by atoms with Gasteiger partial charge < -0.3 is 9.64 Å². The molecule has 3 aromatic rings. The van der Waals surface area contributed by atoms with Gasteiger partial charge in [0.1, 0.15) is 22.8 Å². The van der Waals surface area contributed by atoms with E-state index in [0.717, 1.165) is 11.8 Å². The van der Waals surface area contributed by atoms with E-state index >= 15 is 0 Å². The second-order valence-electron chi connectivity index (χ2n) is 5.88. The van der Waals surface area contributed by atoms with E-state index in [4.69, 9.17) is 16.3 Å². The highest BCUT2D eigenvalue weighted by atomic mass is 35.5. The number of amides is 1. The molecule has 1 aliphatic rings. The Hall–Kier alpha value is -2.86. The number of pyridine rings is 1. The van der Waals surface area contributed by atoms with Crippen LogP contribution in [-0.4, -0.2) is 34.7 Å². The van der Waals surface area contributed by atoms with Crippen LogP contribution in [0.1, 0.15) is 17.4 Å². The van der Waals surface area contributed by atoms with Gasteiger partial charge in [0.15, 0.2) is 12.4 Å². The quantitative estimate of drug-likeness (QED) is 0.662. The maximum atomic E-state index is 12.1. The fourth-order valence-corrected chi connectivity index (χ4v) is 3.18. The van der Waals surface area contributed by atoms with E-state index in [1.165, 1.54) is 0 Å². The number of imidazole rings is 1. The van der Waals surface area contributed by atoms with Gasteiger partial charge in [0.2, 0.25) is 0 Å². The number of anilines is 1. The van der Waals surface area contributed by atoms with Gasteiger partial charge in [-0.3, -0.25) is 14.0 Å². The molecule has 1 aliphatic heterocycles. The Kier molecular flexibility index (Phi) is 3.51. The van der Waals surface area contributed by atoms with Crippen molar-refractivity contribution in [2.24, 2.45) is 0 Å². The Morgan fingerprint density at radius 1 is 1.28 bits per heavy atom. The number of aldehydes is 1. The van der Waals surface area contributed by atoms with Crippen LogP contribution >= 0.6 is 11.6 Å². The number of halogens is 1. The summed E-state index contributed by atoms with van der Waals surface area (Å²) in [4.78, 5) is 29.9. The van der Waals surface area contributed by atoms with Gasteiger partial charge in [-0.25, -0.2) is 4.98 Å². The predicted molar refractivity (Wildman–Crippen MR) is 94.5 cm³/mol. The first-order chi connectivity index (χ1) is 12.0. The highest BCUT2D eigenvalue weighted by Crippen LogP contribution is 2.37. The summed E-state index contributed by atoms with van der Waals surface area (Å²) < 4.78 is 7.28. The average Bonchev–Trinajstić information content (AvgIpc) is 2.97. The molecule has 1 atom stereocenters. The molecule has 126 valence electrons. The molecular formula is C18H14ClN3O3. The van der Waals surface area contributed by atoms with Gasteiger partial charge >= 0.3 is 0 Å². The summed E-state index contributed by atoms with van der Waals surface area (Å²) in [5.74, 6) is 0.500. The maximum absolute atomic E-state index is 12.1. The maximum Gasteiger partial charge on any atom is 0.267 e. The van der Waals surface area contributed by atoms with Crippen LogP contribution < -0.4 is 9.64 Å². The van der Waals surface area contributed by atoms with Crippen LogP contribution in [0.2, 0.25) is 5.02 Å². The first-order valence-electron chi connectivity index (χ1n) is 7.71. The number of nitrogens with zero attached hydrogens (tertiary/aromatic N) is 3. The lowest BCUT2D eigenvalue weighted by Gasteiger charge is -2.30. The van der Waals surface area contributed by atoms with Crippen LogP contribution in [0.3, 0.4) is 0 Å². The largest absolute Gasteiger partial charge is 0.479 e. The van der Waals surface area contributed by atoms with Crippen LogP contribution in [0.4, 0.5) is 5.69 Å². The number of fused-ring (bicyclic) bond motifs is 2. The third kappa shape index (κ3) is 2.37. The standard InChI is InChI=1S/C18H14ClN3O3/c1-10-18(24)21(2)13-7-11(3-5-15(13)25-10)17-14(9-23)22-8-12(19)4-6-16(22)20-17/h3-10H,1-2H3. The summed E-state index contributed by atoms with van der Waals surface area (Å²) >= 11 is 6.02. The second kappa shape index (κ2) is 5.60.